The number of likely N-dealkylation sites (tertiary alicyclic amines) is 1. The lowest BCUT2D eigenvalue weighted by Crippen LogP contribution is -2.45. The summed E-state index contributed by atoms with van der Waals surface area (Å²) in [6.07, 6.45) is -2.13. The minimum atomic E-state index is -0.915. The maximum Gasteiger partial charge on any atom is 0.509 e. The summed E-state index contributed by atoms with van der Waals surface area (Å²) in [5, 5.41) is 0. The molecule has 0 aromatic heterocycles. The topological polar surface area (TPSA) is 101 Å². The molecule has 1 amide bonds. The van der Waals surface area contributed by atoms with Gasteiger partial charge < -0.3 is 23.7 Å². The molecule has 0 bridgehead atoms. The molecule has 35 heavy (non-hydrogen) atoms. The molecule has 1 aliphatic heterocycles. The van der Waals surface area contributed by atoms with Gasteiger partial charge in [-0.25, -0.2) is 9.59 Å². The fourth-order valence-electron chi connectivity index (χ4n) is 3.69. The van der Waals surface area contributed by atoms with E-state index in [1.54, 1.807) is 48.7 Å². The van der Waals surface area contributed by atoms with Crippen LogP contribution in [-0.2, 0) is 30.2 Å². The van der Waals surface area contributed by atoms with E-state index in [0.717, 1.165) is 5.56 Å². The second-order valence-electron chi connectivity index (χ2n) is 10.6. The van der Waals surface area contributed by atoms with Crippen molar-refractivity contribution in [1.82, 2.24) is 4.90 Å². The first-order valence-electron chi connectivity index (χ1n) is 11.9. The molecule has 0 spiro atoms. The van der Waals surface area contributed by atoms with Crippen molar-refractivity contribution in [1.29, 1.82) is 0 Å². The van der Waals surface area contributed by atoms with Crippen molar-refractivity contribution in [2.45, 2.75) is 97.2 Å². The summed E-state index contributed by atoms with van der Waals surface area (Å²) in [4.78, 5) is 39.6. The molecule has 0 unspecified atom stereocenters. The largest absolute Gasteiger partial charge is 0.509 e. The fraction of sp³-hybridized carbons (Fsp3) is 0.654. The molecule has 2 rings (SSSR count). The number of hydrogen-bond donors (Lipinski definition) is 0. The van der Waals surface area contributed by atoms with Gasteiger partial charge in [0.05, 0.1) is 19.7 Å². The average Bonchev–Trinajstić information content (AvgIpc) is 3.03. The van der Waals surface area contributed by atoms with Gasteiger partial charge in [0.15, 0.2) is 12.2 Å². The maximum absolute atomic E-state index is 13.2. The molecule has 1 aromatic rings. The highest BCUT2D eigenvalue weighted by Crippen LogP contribution is 2.30. The normalized spacial score (nSPS) is 20.2. The van der Waals surface area contributed by atoms with Gasteiger partial charge in [-0.1, -0.05) is 19.1 Å². The summed E-state index contributed by atoms with van der Waals surface area (Å²) in [6, 6.07) is 6.76. The van der Waals surface area contributed by atoms with Crippen LogP contribution >= 0.6 is 0 Å². The summed E-state index contributed by atoms with van der Waals surface area (Å²) in [5.74, 6) is 0.266. The number of benzene rings is 1. The number of ether oxygens (including phenoxy) is 5. The number of nitrogens with zero attached hydrogens (tertiary/aromatic N) is 1. The lowest BCUT2D eigenvalue weighted by Gasteiger charge is -2.30. The molecule has 1 fully saturated rings. The molecule has 0 radical (unpaired) electrons. The molecule has 9 heteroatoms. The first kappa shape index (κ1) is 28.3. The standard InChI is InChI=1S/C26H39NO8/c1-9-10-21(28)33-22-19(15-17-11-13-18(31-8)14-12-17)27(23(29)34-25(2,3)4)16-20(22)32-24(30)35-26(5,6)7/h11-14,19-20,22H,9-10,15-16H2,1-8H3/t19-,20+,22+/m1/s1. The monoisotopic (exact) mass is 493 g/mol. The highest BCUT2D eigenvalue weighted by atomic mass is 16.7. The van der Waals surface area contributed by atoms with Crippen LogP contribution < -0.4 is 4.74 Å². The zero-order valence-electron chi connectivity index (χ0n) is 22.1. The van der Waals surface area contributed by atoms with Crippen molar-refractivity contribution in [3.05, 3.63) is 29.8 Å². The van der Waals surface area contributed by atoms with Crippen LogP contribution in [0.3, 0.4) is 0 Å². The summed E-state index contributed by atoms with van der Waals surface area (Å²) in [6.45, 7) is 12.3. The Balaban J connectivity index is 2.39. The van der Waals surface area contributed by atoms with Crippen LogP contribution in [0.4, 0.5) is 9.59 Å². The Morgan fingerprint density at radius 2 is 1.54 bits per heavy atom. The first-order chi connectivity index (χ1) is 16.2. The van der Waals surface area contributed by atoms with E-state index in [1.165, 1.54) is 4.90 Å². The molecular formula is C26H39NO8. The highest BCUT2D eigenvalue weighted by Gasteiger charge is 2.50. The maximum atomic E-state index is 13.2. The molecule has 0 aliphatic carbocycles. The van der Waals surface area contributed by atoms with Gasteiger partial charge in [-0.3, -0.25) is 9.69 Å². The van der Waals surface area contributed by atoms with Gasteiger partial charge in [0.25, 0.3) is 0 Å². The van der Waals surface area contributed by atoms with Gasteiger partial charge in [-0.15, -0.1) is 0 Å². The van der Waals surface area contributed by atoms with Crippen LogP contribution in [0.5, 0.6) is 5.75 Å². The van der Waals surface area contributed by atoms with Gasteiger partial charge in [0.1, 0.15) is 17.0 Å². The van der Waals surface area contributed by atoms with E-state index in [1.807, 2.05) is 31.2 Å². The van der Waals surface area contributed by atoms with E-state index in [2.05, 4.69) is 0 Å². The van der Waals surface area contributed by atoms with Crippen molar-refractivity contribution in [3.8, 4) is 5.75 Å². The van der Waals surface area contributed by atoms with Gasteiger partial charge in [-0.2, -0.15) is 0 Å². The van der Waals surface area contributed by atoms with E-state index < -0.39 is 47.7 Å². The third-order valence-corrected chi connectivity index (χ3v) is 5.11. The molecule has 0 saturated carbocycles. The van der Waals surface area contributed by atoms with E-state index in [9.17, 15) is 14.4 Å². The molecule has 1 heterocycles. The second kappa shape index (κ2) is 11.6. The lowest BCUT2D eigenvalue weighted by atomic mass is 10.0. The number of hydrogen-bond acceptors (Lipinski definition) is 8. The van der Waals surface area contributed by atoms with Crippen LogP contribution in [0.1, 0.15) is 66.9 Å². The number of carbonyl (C=O) groups excluding carboxylic acids is 3. The fourth-order valence-corrected chi connectivity index (χ4v) is 3.69. The molecular weight excluding hydrogens is 454 g/mol. The molecule has 1 aromatic carbocycles. The third-order valence-electron chi connectivity index (χ3n) is 5.11. The van der Waals surface area contributed by atoms with E-state index in [-0.39, 0.29) is 13.0 Å². The molecule has 3 atom stereocenters. The van der Waals surface area contributed by atoms with E-state index in [4.69, 9.17) is 23.7 Å². The number of amides is 1. The predicted molar refractivity (Wildman–Crippen MR) is 129 cm³/mol. The van der Waals surface area contributed by atoms with Crippen LogP contribution in [0.25, 0.3) is 0 Å². The second-order valence-corrected chi connectivity index (χ2v) is 10.6. The Labute approximate surface area is 208 Å². The van der Waals surface area contributed by atoms with E-state index in [0.29, 0.717) is 18.6 Å². The Kier molecular flexibility index (Phi) is 9.40. The zero-order chi connectivity index (χ0) is 26.4. The van der Waals surface area contributed by atoms with Gasteiger partial charge >= 0.3 is 18.2 Å². The quantitative estimate of drug-likeness (QED) is 0.391. The zero-order valence-corrected chi connectivity index (χ0v) is 22.1. The molecule has 196 valence electrons. The summed E-state index contributed by atoms with van der Waals surface area (Å²) in [5.41, 5.74) is -0.615. The number of carbonyl (C=O) groups is 3. The van der Waals surface area contributed by atoms with Crippen molar-refractivity contribution < 1.29 is 38.1 Å². The van der Waals surface area contributed by atoms with Crippen molar-refractivity contribution >= 4 is 18.2 Å². The summed E-state index contributed by atoms with van der Waals surface area (Å²) >= 11 is 0. The van der Waals surface area contributed by atoms with Crippen molar-refractivity contribution in [2.24, 2.45) is 0 Å². The smallest absolute Gasteiger partial charge is 0.497 e. The van der Waals surface area contributed by atoms with Crippen molar-refractivity contribution in [3.63, 3.8) is 0 Å². The minimum Gasteiger partial charge on any atom is -0.497 e. The molecule has 9 nitrogen and oxygen atoms in total. The SMILES string of the molecule is CCCC(=O)O[C@@H]1[C@@H](OC(=O)OC(C)(C)C)CN(C(=O)OC(C)(C)C)[C@@H]1Cc1ccc(OC)cc1. The molecule has 1 saturated heterocycles. The number of methoxy groups -OCH3 is 1. The number of rotatable bonds is 7. The van der Waals surface area contributed by atoms with E-state index >= 15 is 0 Å². The summed E-state index contributed by atoms with van der Waals surface area (Å²) in [7, 11) is 1.58. The van der Waals surface area contributed by atoms with Crippen LogP contribution in [-0.4, -0.2) is 66.2 Å². The third kappa shape index (κ3) is 8.96. The van der Waals surface area contributed by atoms with Crippen LogP contribution in [0, 0.1) is 0 Å². The highest BCUT2D eigenvalue weighted by molar-refractivity contribution is 5.72. The summed E-state index contributed by atoms with van der Waals surface area (Å²) < 4.78 is 27.5. The Hall–Kier alpha value is -2.97. The van der Waals surface area contributed by atoms with Gasteiger partial charge in [0.2, 0.25) is 0 Å². The van der Waals surface area contributed by atoms with Gasteiger partial charge in [-0.05, 0) is 72.1 Å². The van der Waals surface area contributed by atoms with Gasteiger partial charge in [0, 0.05) is 6.42 Å². The first-order valence-corrected chi connectivity index (χ1v) is 11.9. The van der Waals surface area contributed by atoms with Crippen LogP contribution in [0.15, 0.2) is 24.3 Å². The van der Waals surface area contributed by atoms with Crippen molar-refractivity contribution in [2.75, 3.05) is 13.7 Å². The Morgan fingerprint density at radius 3 is 2.06 bits per heavy atom. The Bertz CT molecular complexity index is 869. The minimum absolute atomic E-state index is 0.000943. The predicted octanol–water partition coefficient (Wildman–Crippen LogP) is 4.89. The average molecular weight is 494 g/mol. The number of esters is 1. The Morgan fingerprint density at radius 1 is 0.943 bits per heavy atom. The molecule has 0 N–H and O–H groups in total. The molecule has 1 aliphatic rings. The lowest BCUT2D eigenvalue weighted by molar-refractivity contribution is -0.156. The van der Waals surface area contributed by atoms with Crippen LogP contribution in [0.2, 0.25) is 0 Å².